The van der Waals surface area contributed by atoms with Gasteiger partial charge in [0.1, 0.15) is 0 Å². The number of urea groups is 1. The van der Waals surface area contributed by atoms with Crippen molar-refractivity contribution in [3.05, 3.63) is 23.8 Å². The second kappa shape index (κ2) is 9.77. The molecule has 7 heteroatoms. The monoisotopic (exact) mass is 338 g/mol. The number of rotatable bonds is 8. The summed E-state index contributed by atoms with van der Waals surface area (Å²) < 4.78 is 10.5. The van der Waals surface area contributed by atoms with E-state index in [9.17, 15) is 9.59 Å². The maximum Gasteiger partial charge on any atom is 0.321 e. The highest BCUT2D eigenvalue weighted by molar-refractivity contribution is 5.94. The van der Waals surface area contributed by atoms with Gasteiger partial charge in [-0.3, -0.25) is 10.1 Å². The Morgan fingerprint density at radius 3 is 2.42 bits per heavy atom. The lowest BCUT2D eigenvalue weighted by atomic mass is 10.1. The number of methoxy groups -OCH3 is 2. The van der Waals surface area contributed by atoms with Crippen molar-refractivity contribution in [1.29, 1.82) is 0 Å². The zero-order valence-corrected chi connectivity index (χ0v) is 15.1. The van der Waals surface area contributed by atoms with Crippen LogP contribution in [0.4, 0.5) is 4.79 Å². The summed E-state index contributed by atoms with van der Waals surface area (Å²) in [6.07, 6.45) is 0.789. The second-order valence-corrected chi connectivity index (χ2v) is 6.00. The van der Waals surface area contributed by atoms with Gasteiger partial charge in [0.05, 0.1) is 27.8 Å². The van der Waals surface area contributed by atoms with Crippen LogP contribution in [0.25, 0.3) is 0 Å². The first-order valence-corrected chi connectivity index (χ1v) is 7.98. The van der Waals surface area contributed by atoms with Gasteiger partial charge < -0.3 is 19.7 Å². The Bertz CT molecular complexity index is 561. The molecule has 3 amide bonds. The quantitative estimate of drug-likeness (QED) is 0.623. The molecule has 1 aromatic carbocycles. The molecule has 134 valence electrons. The number of quaternary nitrogens is 1. The van der Waals surface area contributed by atoms with Gasteiger partial charge in [-0.2, -0.15) is 0 Å². The van der Waals surface area contributed by atoms with E-state index in [1.807, 2.05) is 39.1 Å². The molecule has 0 aliphatic heterocycles. The number of hydrogen-bond acceptors (Lipinski definition) is 4. The number of hydrogen-bond donors (Lipinski definition) is 3. The molecule has 3 N–H and O–H groups in total. The van der Waals surface area contributed by atoms with E-state index in [2.05, 4.69) is 10.6 Å². The molecule has 0 aliphatic rings. The van der Waals surface area contributed by atoms with Gasteiger partial charge in [0.2, 0.25) is 0 Å². The molecule has 0 radical (unpaired) electrons. The molecule has 1 rings (SSSR count). The van der Waals surface area contributed by atoms with E-state index in [4.69, 9.17) is 9.47 Å². The van der Waals surface area contributed by atoms with Crippen LogP contribution >= 0.6 is 0 Å². The van der Waals surface area contributed by atoms with Gasteiger partial charge in [-0.25, -0.2) is 4.79 Å². The maximum absolute atomic E-state index is 11.8. The molecule has 0 saturated heterocycles. The number of benzene rings is 1. The van der Waals surface area contributed by atoms with Crippen molar-refractivity contribution in [3.8, 4) is 11.5 Å². The maximum atomic E-state index is 11.8. The molecule has 0 fully saturated rings. The Labute approximate surface area is 143 Å². The van der Waals surface area contributed by atoms with Crippen LogP contribution in [0.2, 0.25) is 0 Å². The van der Waals surface area contributed by atoms with Crippen LogP contribution in [-0.4, -0.2) is 52.3 Å². The fourth-order valence-electron chi connectivity index (χ4n) is 2.23. The van der Waals surface area contributed by atoms with E-state index >= 15 is 0 Å². The Kier molecular flexibility index (Phi) is 8.05. The Morgan fingerprint density at radius 2 is 1.83 bits per heavy atom. The Hall–Kier alpha value is -2.28. The second-order valence-electron chi connectivity index (χ2n) is 6.00. The summed E-state index contributed by atoms with van der Waals surface area (Å²) in [4.78, 5) is 24.3. The predicted molar refractivity (Wildman–Crippen MR) is 91.7 cm³/mol. The van der Waals surface area contributed by atoms with Crippen LogP contribution in [0.15, 0.2) is 18.2 Å². The van der Waals surface area contributed by atoms with Crippen LogP contribution in [0.5, 0.6) is 11.5 Å². The minimum absolute atomic E-state index is 0.00655. The zero-order chi connectivity index (χ0) is 18.1. The fourth-order valence-corrected chi connectivity index (χ4v) is 2.23. The molecular formula is C17H28N3O4+. The summed E-state index contributed by atoms with van der Waals surface area (Å²) in [6, 6.07) is 5.31. The number of carbonyl (C=O) groups is 2. The third-order valence-electron chi connectivity index (χ3n) is 3.42. The summed E-state index contributed by atoms with van der Waals surface area (Å²) in [6.45, 7) is 4.67. The largest absolute Gasteiger partial charge is 0.493 e. The number of imide groups is 1. The smallest absolute Gasteiger partial charge is 0.321 e. The summed E-state index contributed by atoms with van der Waals surface area (Å²) in [5.74, 6) is 1.09. The highest BCUT2D eigenvalue weighted by atomic mass is 16.5. The lowest BCUT2D eigenvalue weighted by Crippen LogP contribution is -3.10. The van der Waals surface area contributed by atoms with E-state index in [1.54, 1.807) is 14.2 Å². The van der Waals surface area contributed by atoms with E-state index in [-0.39, 0.29) is 18.5 Å². The van der Waals surface area contributed by atoms with Crippen molar-refractivity contribution in [2.75, 3.05) is 34.4 Å². The van der Waals surface area contributed by atoms with Crippen LogP contribution in [0.1, 0.15) is 19.4 Å². The van der Waals surface area contributed by atoms with E-state index < -0.39 is 6.03 Å². The first kappa shape index (κ1) is 19.8. The molecule has 1 atom stereocenters. The van der Waals surface area contributed by atoms with Crippen molar-refractivity contribution in [2.45, 2.75) is 26.3 Å². The van der Waals surface area contributed by atoms with E-state index in [0.717, 1.165) is 23.4 Å². The standard InChI is InChI=1S/C17H27N3O4/c1-12(2)18-17(22)19-16(21)11-20(3)9-8-13-6-7-14(23-4)15(10-13)24-5/h6-7,10,12H,8-9,11H2,1-5H3,(H2,18,19,21,22)/p+1. The predicted octanol–water partition coefficient (Wildman–Crippen LogP) is -0.00480. The SMILES string of the molecule is COc1ccc(CC[NH+](C)CC(=O)NC(=O)NC(C)C)cc1OC. The number of carbonyl (C=O) groups excluding carboxylic acids is 2. The molecule has 0 aliphatic carbocycles. The van der Waals surface area contributed by atoms with Crippen LogP contribution in [0, 0.1) is 0 Å². The van der Waals surface area contributed by atoms with Gasteiger partial charge in [0, 0.05) is 12.5 Å². The number of amides is 3. The highest BCUT2D eigenvalue weighted by Gasteiger charge is 2.14. The van der Waals surface area contributed by atoms with E-state index in [0.29, 0.717) is 11.5 Å². The highest BCUT2D eigenvalue weighted by Crippen LogP contribution is 2.27. The fraction of sp³-hybridized carbons (Fsp3) is 0.529. The van der Waals surface area contributed by atoms with Gasteiger partial charge in [-0.15, -0.1) is 0 Å². The van der Waals surface area contributed by atoms with Gasteiger partial charge in [-0.1, -0.05) is 6.07 Å². The number of ether oxygens (including phenoxy) is 2. The molecular weight excluding hydrogens is 310 g/mol. The average Bonchev–Trinajstić information content (AvgIpc) is 2.51. The van der Waals surface area contributed by atoms with Crippen LogP contribution < -0.4 is 25.0 Å². The van der Waals surface area contributed by atoms with Crippen LogP contribution in [0.3, 0.4) is 0 Å². The molecule has 0 bridgehead atoms. The average molecular weight is 338 g/mol. The normalized spacial score (nSPS) is 11.8. The molecule has 0 heterocycles. The van der Waals surface area contributed by atoms with Gasteiger partial charge in [-0.05, 0) is 31.5 Å². The van der Waals surface area contributed by atoms with Gasteiger partial charge >= 0.3 is 6.03 Å². The molecule has 0 spiro atoms. The number of likely N-dealkylation sites (N-methyl/N-ethyl adjacent to an activating group) is 1. The summed E-state index contributed by atoms with van der Waals surface area (Å²) >= 11 is 0. The minimum Gasteiger partial charge on any atom is -0.493 e. The first-order valence-electron chi connectivity index (χ1n) is 7.98. The van der Waals surface area contributed by atoms with Crippen molar-refractivity contribution in [1.82, 2.24) is 10.6 Å². The zero-order valence-electron chi connectivity index (χ0n) is 15.1. The lowest BCUT2D eigenvalue weighted by molar-refractivity contribution is -0.870. The molecule has 0 aromatic heterocycles. The Balaban J connectivity index is 2.44. The van der Waals surface area contributed by atoms with Crippen LogP contribution in [-0.2, 0) is 11.2 Å². The molecule has 7 nitrogen and oxygen atoms in total. The van der Waals surface area contributed by atoms with Crippen molar-refractivity contribution in [2.24, 2.45) is 0 Å². The van der Waals surface area contributed by atoms with E-state index in [1.165, 1.54) is 0 Å². The van der Waals surface area contributed by atoms with Crippen molar-refractivity contribution >= 4 is 11.9 Å². The molecule has 0 saturated carbocycles. The van der Waals surface area contributed by atoms with Crippen molar-refractivity contribution < 1.29 is 24.0 Å². The topological polar surface area (TPSA) is 81.1 Å². The number of nitrogens with one attached hydrogen (secondary N) is 3. The Morgan fingerprint density at radius 1 is 1.17 bits per heavy atom. The minimum atomic E-state index is -0.456. The lowest BCUT2D eigenvalue weighted by Gasteiger charge is -2.15. The third kappa shape index (κ3) is 6.87. The first-order chi connectivity index (χ1) is 11.3. The third-order valence-corrected chi connectivity index (χ3v) is 3.42. The molecule has 1 aromatic rings. The summed E-state index contributed by atoms with van der Waals surface area (Å²) in [5.41, 5.74) is 1.10. The van der Waals surface area contributed by atoms with Gasteiger partial charge in [0.25, 0.3) is 5.91 Å². The van der Waals surface area contributed by atoms with Gasteiger partial charge in [0.15, 0.2) is 18.0 Å². The summed E-state index contributed by atoms with van der Waals surface area (Å²) in [7, 11) is 5.12. The van der Waals surface area contributed by atoms with Crippen molar-refractivity contribution in [3.63, 3.8) is 0 Å². The summed E-state index contributed by atoms with van der Waals surface area (Å²) in [5, 5.41) is 4.95. The molecule has 1 unspecified atom stereocenters. The molecule has 24 heavy (non-hydrogen) atoms.